The molecule has 2 rings (SSSR count). The second-order valence-corrected chi connectivity index (χ2v) is 7.20. The third-order valence-electron chi connectivity index (χ3n) is 5.27. The van der Waals surface area contributed by atoms with Crippen molar-refractivity contribution in [3.8, 4) is 0 Å². The van der Waals surface area contributed by atoms with Gasteiger partial charge in [0.25, 0.3) is 0 Å². The van der Waals surface area contributed by atoms with Crippen LogP contribution < -0.4 is 0 Å². The van der Waals surface area contributed by atoms with E-state index in [9.17, 15) is 39.3 Å². The Balaban J connectivity index is 0.00000450. The summed E-state index contributed by atoms with van der Waals surface area (Å²) in [5, 5.41) is 46.0. The maximum absolute atomic E-state index is 11.5. The Kier molecular flexibility index (Phi) is 9.88. The van der Waals surface area contributed by atoms with Crippen molar-refractivity contribution in [3.63, 3.8) is 0 Å². The number of carboxylic acids is 5. The average molecular weight is 592 g/mol. The van der Waals surface area contributed by atoms with Crippen LogP contribution in [0.15, 0.2) is 0 Å². The number of aliphatic carboxylic acids is 5. The molecule has 0 unspecified atom stereocenters. The van der Waals surface area contributed by atoms with Gasteiger partial charge in [-0.05, 0) is 12.8 Å². The first-order valence-corrected chi connectivity index (χ1v) is 8.84. The zero-order chi connectivity index (χ0) is 21.9. The quantitative estimate of drug-likeness (QED) is 0.180. The van der Waals surface area contributed by atoms with E-state index >= 15 is 0 Å². The summed E-state index contributed by atoms with van der Waals surface area (Å²) in [7, 11) is 0. The van der Waals surface area contributed by atoms with Crippen LogP contribution in [0.3, 0.4) is 0 Å². The van der Waals surface area contributed by atoms with Crippen LogP contribution in [0.5, 0.6) is 0 Å². The number of carbonyl (C=O) groups is 5. The minimum atomic E-state index is -1.23. The maximum Gasteiger partial charge on any atom is 0.320 e. The smallest absolute Gasteiger partial charge is 0.320 e. The molecule has 0 spiro atoms. The van der Waals surface area contributed by atoms with Gasteiger partial charge in [-0.3, -0.25) is 38.7 Å². The molecule has 1 radical (unpaired) electrons. The van der Waals surface area contributed by atoms with Crippen molar-refractivity contribution in [1.82, 2.24) is 14.7 Å². The number of carboxylic acid groups (broad SMARTS) is 5. The van der Waals surface area contributed by atoms with Crippen molar-refractivity contribution in [1.29, 1.82) is 0 Å². The SMILES string of the molecule is O=C(O)CN1C[C@H](N(CC(=O)O)[C@H]2C[C@@H](C(=O)O)N(CC(=O)O)C2)C[C@H]1C(=O)O.[Lu]. The van der Waals surface area contributed by atoms with Gasteiger partial charge in [-0.25, -0.2) is 0 Å². The molecule has 2 aliphatic heterocycles. The molecule has 4 atom stereocenters. The predicted molar refractivity (Wildman–Crippen MR) is 92.4 cm³/mol. The predicted octanol–water partition coefficient (Wildman–Crippen LogP) is -2.40. The number of hydrogen-bond acceptors (Lipinski definition) is 8. The first-order valence-electron chi connectivity index (χ1n) is 8.84. The van der Waals surface area contributed by atoms with Crippen LogP contribution in [0.4, 0.5) is 0 Å². The molecule has 0 saturated carbocycles. The molecule has 0 amide bonds. The van der Waals surface area contributed by atoms with Gasteiger partial charge in [-0.15, -0.1) is 0 Å². The molecule has 2 fully saturated rings. The van der Waals surface area contributed by atoms with Crippen molar-refractivity contribution in [2.75, 3.05) is 32.7 Å². The van der Waals surface area contributed by atoms with E-state index in [-0.39, 0.29) is 62.8 Å². The van der Waals surface area contributed by atoms with Crippen LogP contribution in [-0.2, 0) is 24.0 Å². The first kappa shape index (κ1) is 26.5. The Morgan fingerprint density at radius 3 is 1.33 bits per heavy atom. The molecular weight excluding hydrogens is 569 g/mol. The Labute approximate surface area is 200 Å². The molecule has 0 aromatic heterocycles. The van der Waals surface area contributed by atoms with Crippen LogP contribution >= 0.6 is 0 Å². The second kappa shape index (κ2) is 11.2. The number of rotatable bonds is 10. The number of nitrogens with zero attached hydrogens (tertiary/aromatic N) is 3. The fraction of sp³-hybridized carbons (Fsp3) is 0.688. The fourth-order valence-electron chi connectivity index (χ4n) is 4.16. The maximum atomic E-state index is 11.5. The molecular formula is C16H23LuN3O10. The van der Waals surface area contributed by atoms with Gasteiger partial charge in [0.15, 0.2) is 0 Å². The second-order valence-electron chi connectivity index (χ2n) is 7.20. The standard InChI is InChI=1S/C16H23N3O10.Lu/c20-12(21)5-17-3-8(1-10(17)15(26)27)19(7-14(24)25)9-2-11(16(28)29)18(4-9)6-13(22)23;/h8-11H,1-7H2,(H,20,21)(H,22,23)(H,24,25)(H,26,27)(H,28,29);/t8-,9+,10-,11-;/m0./s1. The fourth-order valence-corrected chi connectivity index (χ4v) is 4.16. The summed E-state index contributed by atoms with van der Waals surface area (Å²) < 4.78 is 0. The van der Waals surface area contributed by atoms with E-state index < -0.39 is 73.6 Å². The summed E-state index contributed by atoms with van der Waals surface area (Å²) in [5.41, 5.74) is 0. The molecule has 30 heavy (non-hydrogen) atoms. The van der Waals surface area contributed by atoms with Gasteiger partial charge >= 0.3 is 29.8 Å². The summed E-state index contributed by atoms with van der Waals surface area (Å²) in [6.45, 7) is -1.58. The van der Waals surface area contributed by atoms with E-state index in [4.69, 9.17) is 10.2 Å². The number of hydrogen-bond donors (Lipinski definition) is 5. The third-order valence-corrected chi connectivity index (χ3v) is 5.27. The Morgan fingerprint density at radius 1 is 0.700 bits per heavy atom. The van der Waals surface area contributed by atoms with E-state index in [1.165, 1.54) is 14.7 Å². The molecule has 2 saturated heterocycles. The first-order chi connectivity index (χ1) is 13.5. The summed E-state index contributed by atoms with van der Waals surface area (Å²) in [4.78, 5) is 60.3. The van der Waals surface area contributed by atoms with E-state index in [1.807, 2.05) is 0 Å². The molecule has 0 aromatic rings. The molecule has 13 nitrogen and oxygen atoms in total. The van der Waals surface area contributed by atoms with Crippen molar-refractivity contribution in [2.45, 2.75) is 37.0 Å². The van der Waals surface area contributed by atoms with Crippen molar-refractivity contribution in [3.05, 3.63) is 0 Å². The minimum Gasteiger partial charge on any atom is -0.480 e. The summed E-state index contributed by atoms with van der Waals surface area (Å²) in [6, 6.07) is -3.48. The van der Waals surface area contributed by atoms with Gasteiger partial charge in [-0.2, -0.15) is 0 Å². The zero-order valence-corrected chi connectivity index (χ0v) is 17.3. The van der Waals surface area contributed by atoms with E-state index in [0.29, 0.717) is 0 Å². The molecule has 177 valence electrons. The molecule has 5 N–H and O–H groups in total. The monoisotopic (exact) mass is 592 g/mol. The van der Waals surface area contributed by atoms with E-state index in [2.05, 4.69) is 0 Å². The van der Waals surface area contributed by atoms with Crippen molar-refractivity contribution in [2.24, 2.45) is 0 Å². The largest absolute Gasteiger partial charge is 0.480 e. The van der Waals surface area contributed by atoms with Crippen LogP contribution in [0.1, 0.15) is 12.8 Å². The zero-order valence-electron chi connectivity index (χ0n) is 15.6. The van der Waals surface area contributed by atoms with E-state index in [1.54, 1.807) is 0 Å². The van der Waals surface area contributed by atoms with Crippen LogP contribution in [-0.4, -0.2) is 127 Å². The van der Waals surface area contributed by atoms with Gasteiger partial charge in [0.2, 0.25) is 0 Å². The minimum absolute atomic E-state index is 0. The molecule has 2 heterocycles. The van der Waals surface area contributed by atoms with E-state index in [0.717, 1.165) is 0 Å². The summed E-state index contributed by atoms with van der Waals surface area (Å²) in [6.07, 6.45) is -0.0495. The van der Waals surface area contributed by atoms with Crippen LogP contribution in [0, 0.1) is 36.9 Å². The van der Waals surface area contributed by atoms with Gasteiger partial charge in [0, 0.05) is 62.0 Å². The molecule has 0 aromatic carbocycles. The molecule has 14 heteroatoms. The normalized spacial score (nSPS) is 27.0. The Morgan fingerprint density at radius 2 is 1.07 bits per heavy atom. The Hall–Kier alpha value is -1.54. The molecule has 2 aliphatic rings. The van der Waals surface area contributed by atoms with Crippen LogP contribution in [0.25, 0.3) is 0 Å². The van der Waals surface area contributed by atoms with Crippen molar-refractivity contribution >= 4 is 29.8 Å². The van der Waals surface area contributed by atoms with Crippen LogP contribution in [0.2, 0.25) is 0 Å². The number of likely N-dealkylation sites (tertiary alicyclic amines) is 2. The van der Waals surface area contributed by atoms with Gasteiger partial charge in [-0.1, -0.05) is 0 Å². The van der Waals surface area contributed by atoms with Crippen molar-refractivity contribution < 1.29 is 86.4 Å². The molecule has 0 bridgehead atoms. The summed E-state index contributed by atoms with van der Waals surface area (Å²) >= 11 is 0. The van der Waals surface area contributed by atoms with Gasteiger partial charge in [0.1, 0.15) is 12.1 Å². The van der Waals surface area contributed by atoms with Gasteiger partial charge < -0.3 is 25.5 Å². The topological polar surface area (TPSA) is 196 Å². The van der Waals surface area contributed by atoms with Gasteiger partial charge in [0.05, 0.1) is 19.6 Å². The Bertz CT molecular complexity index is 655. The summed E-state index contributed by atoms with van der Waals surface area (Å²) in [5.74, 6) is -6.11. The molecule has 0 aliphatic carbocycles. The average Bonchev–Trinajstić information content (AvgIpc) is 3.15. The third kappa shape index (κ3) is 6.74.